The van der Waals surface area contributed by atoms with Crippen molar-refractivity contribution in [1.29, 1.82) is 0 Å². The third-order valence-corrected chi connectivity index (χ3v) is 5.18. The highest BCUT2D eigenvalue weighted by atomic mass is 35.5. The fourth-order valence-electron chi connectivity index (χ4n) is 2.87. The Morgan fingerprint density at radius 2 is 1.61 bits per heavy atom. The summed E-state index contributed by atoms with van der Waals surface area (Å²) in [6.45, 7) is 7.06. The monoisotopic (exact) mass is 466 g/mol. The van der Waals surface area contributed by atoms with Gasteiger partial charge in [-0.15, -0.1) is 0 Å². The maximum absolute atomic E-state index is 13.1. The standard InChI is InChI=1S/C23H28Cl2N2O4/c1-15(22(29)26-23(2,3)4)27(13-16-17(24)9-8-10-18(16)25)21(28)14-31-20-12-7-6-11-19(20)30-5/h6-12,15H,13-14H2,1-5H3,(H,26,29)/t15-/m0/s1. The van der Waals surface area contributed by atoms with Gasteiger partial charge in [0, 0.05) is 27.7 Å². The number of nitrogens with one attached hydrogen (secondary N) is 1. The number of nitrogens with zero attached hydrogens (tertiary/aromatic N) is 1. The fraction of sp³-hybridized carbons (Fsp3) is 0.391. The van der Waals surface area contributed by atoms with E-state index in [1.807, 2.05) is 20.8 Å². The molecule has 2 rings (SSSR count). The van der Waals surface area contributed by atoms with Gasteiger partial charge in [-0.25, -0.2) is 0 Å². The number of amides is 2. The molecule has 2 aromatic rings. The van der Waals surface area contributed by atoms with Crippen LogP contribution in [0.3, 0.4) is 0 Å². The van der Waals surface area contributed by atoms with Crippen LogP contribution in [-0.2, 0) is 16.1 Å². The summed E-state index contributed by atoms with van der Waals surface area (Å²) in [6.07, 6.45) is 0. The quantitative estimate of drug-likeness (QED) is 0.611. The van der Waals surface area contributed by atoms with E-state index < -0.39 is 17.5 Å². The molecule has 2 amide bonds. The molecular weight excluding hydrogens is 439 g/mol. The van der Waals surface area contributed by atoms with Crippen molar-refractivity contribution in [3.63, 3.8) is 0 Å². The molecule has 31 heavy (non-hydrogen) atoms. The van der Waals surface area contributed by atoms with Gasteiger partial charge >= 0.3 is 0 Å². The molecule has 6 nitrogen and oxygen atoms in total. The Kier molecular flexibility index (Phi) is 8.60. The lowest BCUT2D eigenvalue weighted by atomic mass is 10.1. The highest BCUT2D eigenvalue weighted by Gasteiger charge is 2.29. The average molecular weight is 467 g/mol. The van der Waals surface area contributed by atoms with Gasteiger partial charge in [0.1, 0.15) is 6.04 Å². The van der Waals surface area contributed by atoms with E-state index in [0.29, 0.717) is 27.1 Å². The van der Waals surface area contributed by atoms with Crippen molar-refractivity contribution in [3.8, 4) is 11.5 Å². The van der Waals surface area contributed by atoms with Gasteiger partial charge in [-0.1, -0.05) is 41.4 Å². The minimum Gasteiger partial charge on any atom is -0.493 e. The summed E-state index contributed by atoms with van der Waals surface area (Å²) in [4.78, 5) is 27.4. The summed E-state index contributed by atoms with van der Waals surface area (Å²) in [7, 11) is 1.52. The van der Waals surface area contributed by atoms with Crippen molar-refractivity contribution in [2.75, 3.05) is 13.7 Å². The van der Waals surface area contributed by atoms with Gasteiger partial charge in [0.25, 0.3) is 5.91 Å². The van der Waals surface area contributed by atoms with Crippen molar-refractivity contribution in [3.05, 3.63) is 58.1 Å². The predicted molar refractivity (Wildman–Crippen MR) is 123 cm³/mol. The Hall–Kier alpha value is -2.44. The molecule has 1 atom stereocenters. The Morgan fingerprint density at radius 1 is 1.03 bits per heavy atom. The van der Waals surface area contributed by atoms with Crippen LogP contribution in [0.5, 0.6) is 11.5 Å². The maximum atomic E-state index is 13.1. The number of para-hydroxylation sites is 2. The highest BCUT2D eigenvalue weighted by Crippen LogP contribution is 2.28. The molecule has 2 aromatic carbocycles. The lowest BCUT2D eigenvalue weighted by Gasteiger charge is -2.31. The molecule has 0 heterocycles. The second kappa shape index (κ2) is 10.7. The van der Waals surface area contributed by atoms with Crippen molar-refractivity contribution < 1.29 is 19.1 Å². The zero-order chi connectivity index (χ0) is 23.2. The molecule has 8 heteroatoms. The van der Waals surface area contributed by atoms with Gasteiger partial charge in [-0.2, -0.15) is 0 Å². The lowest BCUT2D eigenvalue weighted by Crippen LogP contribution is -2.53. The number of methoxy groups -OCH3 is 1. The minimum absolute atomic E-state index is 0.0609. The molecule has 1 N–H and O–H groups in total. The third kappa shape index (κ3) is 7.04. The van der Waals surface area contributed by atoms with Crippen molar-refractivity contribution in [1.82, 2.24) is 10.2 Å². The number of ether oxygens (including phenoxy) is 2. The first kappa shape index (κ1) is 24.8. The molecule has 0 aliphatic carbocycles. The molecule has 0 spiro atoms. The first-order valence-electron chi connectivity index (χ1n) is 9.83. The highest BCUT2D eigenvalue weighted by molar-refractivity contribution is 6.36. The van der Waals surface area contributed by atoms with Crippen LogP contribution in [0.1, 0.15) is 33.3 Å². The van der Waals surface area contributed by atoms with E-state index in [1.54, 1.807) is 49.4 Å². The van der Waals surface area contributed by atoms with Gasteiger partial charge in [0.05, 0.1) is 7.11 Å². The lowest BCUT2D eigenvalue weighted by molar-refractivity contribution is -0.142. The van der Waals surface area contributed by atoms with Crippen molar-refractivity contribution in [2.45, 2.75) is 45.8 Å². The Balaban J connectivity index is 2.27. The van der Waals surface area contributed by atoms with Crippen LogP contribution < -0.4 is 14.8 Å². The number of carbonyl (C=O) groups excluding carboxylic acids is 2. The second-order valence-corrected chi connectivity index (χ2v) is 8.89. The van der Waals surface area contributed by atoms with E-state index in [-0.39, 0.29) is 19.1 Å². The molecule has 168 valence electrons. The van der Waals surface area contributed by atoms with Crippen LogP contribution in [0.15, 0.2) is 42.5 Å². The number of halogens is 2. The van der Waals surface area contributed by atoms with Crippen molar-refractivity contribution in [2.24, 2.45) is 0 Å². The van der Waals surface area contributed by atoms with Crippen LogP contribution in [0.25, 0.3) is 0 Å². The zero-order valence-electron chi connectivity index (χ0n) is 18.4. The summed E-state index contributed by atoms with van der Waals surface area (Å²) in [5.74, 6) is 0.259. The normalized spacial score (nSPS) is 12.1. The first-order chi connectivity index (χ1) is 14.5. The van der Waals surface area contributed by atoms with E-state index in [9.17, 15) is 9.59 Å². The SMILES string of the molecule is COc1ccccc1OCC(=O)N(Cc1c(Cl)cccc1Cl)[C@@H](C)C(=O)NC(C)(C)C. The van der Waals surface area contributed by atoms with E-state index in [0.717, 1.165) is 0 Å². The zero-order valence-corrected chi connectivity index (χ0v) is 19.9. The molecule has 0 bridgehead atoms. The predicted octanol–water partition coefficient (Wildman–Crippen LogP) is 4.71. The van der Waals surface area contributed by atoms with Crippen LogP contribution in [0.4, 0.5) is 0 Å². The van der Waals surface area contributed by atoms with Crippen LogP contribution >= 0.6 is 23.2 Å². The maximum Gasteiger partial charge on any atom is 0.261 e. The summed E-state index contributed by atoms with van der Waals surface area (Å²) in [5.41, 5.74) is 0.114. The molecule has 0 aromatic heterocycles. The molecule has 0 saturated heterocycles. The summed E-state index contributed by atoms with van der Waals surface area (Å²) in [6, 6.07) is 11.4. The summed E-state index contributed by atoms with van der Waals surface area (Å²) < 4.78 is 10.9. The minimum atomic E-state index is -0.777. The fourth-order valence-corrected chi connectivity index (χ4v) is 3.39. The largest absolute Gasteiger partial charge is 0.493 e. The van der Waals surface area contributed by atoms with Crippen molar-refractivity contribution >= 4 is 35.0 Å². The molecular formula is C23H28Cl2N2O4. The molecule has 0 aliphatic rings. The molecule has 0 fully saturated rings. The van der Waals surface area contributed by atoms with Gasteiger partial charge in [-0.05, 0) is 52.0 Å². The Labute approximate surface area is 193 Å². The van der Waals surface area contributed by atoms with Gasteiger partial charge in [0.15, 0.2) is 18.1 Å². The summed E-state index contributed by atoms with van der Waals surface area (Å²) in [5, 5.41) is 3.73. The smallest absolute Gasteiger partial charge is 0.261 e. The molecule has 0 unspecified atom stereocenters. The second-order valence-electron chi connectivity index (χ2n) is 8.08. The number of hydrogen-bond donors (Lipinski definition) is 1. The van der Waals surface area contributed by atoms with Gasteiger partial charge in [0.2, 0.25) is 5.91 Å². The van der Waals surface area contributed by atoms with E-state index in [2.05, 4.69) is 5.32 Å². The molecule has 0 aliphatic heterocycles. The Morgan fingerprint density at radius 3 is 2.16 bits per heavy atom. The van der Waals surface area contributed by atoms with E-state index >= 15 is 0 Å². The topological polar surface area (TPSA) is 67.9 Å². The number of benzene rings is 2. The van der Waals surface area contributed by atoms with E-state index in [1.165, 1.54) is 12.0 Å². The third-order valence-electron chi connectivity index (χ3n) is 4.48. The van der Waals surface area contributed by atoms with Crippen LogP contribution in [0, 0.1) is 0 Å². The van der Waals surface area contributed by atoms with Gasteiger partial charge in [-0.3, -0.25) is 9.59 Å². The van der Waals surface area contributed by atoms with Gasteiger partial charge < -0.3 is 19.7 Å². The number of hydrogen-bond acceptors (Lipinski definition) is 4. The summed E-state index contributed by atoms with van der Waals surface area (Å²) >= 11 is 12.6. The molecule has 0 radical (unpaired) electrons. The van der Waals surface area contributed by atoms with E-state index in [4.69, 9.17) is 32.7 Å². The number of rotatable bonds is 8. The number of carbonyl (C=O) groups is 2. The first-order valence-corrected chi connectivity index (χ1v) is 10.6. The molecule has 0 saturated carbocycles. The Bertz CT molecular complexity index is 908. The average Bonchev–Trinajstić information content (AvgIpc) is 2.70. The van der Waals surface area contributed by atoms with Crippen LogP contribution in [-0.4, -0.2) is 42.0 Å². The van der Waals surface area contributed by atoms with Crippen LogP contribution in [0.2, 0.25) is 10.0 Å².